The number of hydrogen-bond donors (Lipinski definition) is 1. The molecule has 0 aliphatic heterocycles. The van der Waals surface area contributed by atoms with Crippen LogP contribution in [0.2, 0.25) is 0 Å². The van der Waals surface area contributed by atoms with E-state index < -0.39 is 22.2 Å². The second-order valence-corrected chi connectivity index (χ2v) is 4.42. The molecule has 1 fully saturated rings. The first-order valence-electron chi connectivity index (χ1n) is 3.96. The van der Waals surface area contributed by atoms with Crippen molar-refractivity contribution in [3.8, 4) is 0 Å². The first kappa shape index (κ1) is 9.67. The van der Waals surface area contributed by atoms with E-state index >= 15 is 0 Å². The number of amides is 1. The first-order chi connectivity index (χ1) is 5.59. The normalized spacial score (nSPS) is 21.8. The van der Waals surface area contributed by atoms with Crippen molar-refractivity contribution in [1.29, 1.82) is 0 Å². The number of rotatable bonds is 5. The van der Waals surface area contributed by atoms with Crippen LogP contribution in [0.25, 0.3) is 0 Å². The van der Waals surface area contributed by atoms with Gasteiger partial charge in [0.2, 0.25) is 5.91 Å². The molecular formula is C7H12NO3S-. The zero-order valence-electron chi connectivity index (χ0n) is 6.69. The second-order valence-electron chi connectivity index (χ2n) is 3.23. The molecule has 2 unspecified atom stereocenters. The third-order valence-corrected chi connectivity index (χ3v) is 2.90. The predicted octanol–water partition coefficient (Wildman–Crippen LogP) is -0.0904. The molecule has 4 nitrogen and oxygen atoms in total. The van der Waals surface area contributed by atoms with Crippen molar-refractivity contribution >= 4 is 17.0 Å². The number of carbonyl (C=O) groups is 1. The van der Waals surface area contributed by atoms with E-state index in [0.717, 1.165) is 12.8 Å². The van der Waals surface area contributed by atoms with Crippen LogP contribution in [0.15, 0.2) is 0 Å². The highest BCUT2D eigenvalue weighted by molar-refractivity contribution is 7.79. The molecule has 0 radical (unpaired) electrons. The fraction of sp³-hybridized carbons (Fsp3) is 0.857. The van der Waals surface area contributed by atoms with E-state index in [2.05, 4.69) is 0 Å². The van der Waals surface area contributed by atoms with Crippen molar-refractivity contribution in [3.05, 3.63) is 0 Å². The predicted molar refractivity (Wildman–Crippen MR) is 43.9 cm³/mol. The Labute approximate surface area is 73.8 Å². The molecule has 12 heavy (non-hydrogen) atoms. The number of nitrogens with two attached hydrogens (primary N) is 1. The van der Waals surface area contributed by atoms with E-state index in [-0.39, 0.29) is 6.42 Å². The lowest BCUT2D eigenvalue weighted by molar-refractivity contribution is -0.118. The molecule has 0 aromatic carbocycles. The summed E-state index contributed by atoms with van der Waals surface area (Å²) in [5.41, 5.74) is 4.92. The van der Waals surface area contributed by atoms with Crippen LogP contribution in [0.5, 0.6) is 0 Å². The van der Waals surface area contributed by atoms with Crippen molar-refractivity contribution in [2.24, 2.45) is 11.7 Å². The van der Waals surface area contributed by atoms with E-state index in [0.29, 0.717) is 12.3 Å². The van der Waals surface area contributed by atoms with Crippen LogP contribution in [0.1, 0.15) is 25.7 Å². The molecule has 1 amide bonds. The van der Waals surface area contributed by atoms with E-state index in [1.807, 2.05) is 0 Å². The van der Waals surface area contributed by atoms with Gasteiger partial charge in [0.1, 0.15) is 0 Å². The summed E-state index contributed by atoms with van der Waals surface area (Å²) in [6, 6.07) is 0. The summed E-state index contributed by atoms with van der Waals surface area (Å²) in [5, 5.41) is -0.560. The van der Waals surface area contributed by atoms with Gasteiger partial charge < -0.3 is 10.3 Å². The minimum Gasteiger partial charge on any atom is -0.772 e. The second kappa shape index (κ2) is 4.00. The van der Waals surface area contributed by atoms with Crippen LogP contribution in [0, 0.1) is 5.92 Å². The third-order valence-electron chi connectivity index (χ3n) is 1.99. The quantitative estimate of drug-likeness (QED) is 0.615. The molecule has 2 N–H and O–H groups in total. The largest absolute Gasteiger partial charge is 0.772 e. The molecule has 0 aromatic heterocycles. The van der Waals surface area contributed by atoms with Crippen LogP contribution in [0.4, 0.5) is 0 Å². The lowest BCUT2D eigenvalue weighted by Gasteiger charge is -2.17. The Morgan fingerprint density at radius 2 is 2.25 bits per heavy atom. The summed E-state index contributed by atoms with van der Waals surface area (Å²) in [6.07, 6.45) is 2.74. The number of primary amides is 1. The van der Waals surface area contributed by atoms with Gasteiger partial charge in [-0.1, -0.05) is 23.9 Å². The van der Waals surface area contributed by atoms with E-state index in [9.17, 15) is 13.6 Å². The standard InChI is InChI=1S/C7H13NO3S/c8-7(9)4-6(12(10)11)3-5-1-2-5/h5-6H,1-4H2,(H2,8,9)(H,10,11)/p-1. The van der Waals surface area contributed by atoms with Gasteiger partial charge in [0.05, 0.1) is 0 Å². The highest BCUT2D eigenvalue weighted by atomic mass is 32.2. The van der Waals surface area contributed by atoms with Gasteiger partial charge in [0.15, 0.2) is 0 Å². The van der Waals surface area contributed by atoms with Gasteiger partial charge in [0.25, 0.3) is 0 Å². The van der Waals surface area contributed by atoms with E-state index in [1.54, 1.807) is 0 Å². The smallest absolute Gasteiger partial charge is 0.218 e. The van der Waals surface area contributed by atoms with Crippen LogP contribution in [0.3, 0.4) is 0 Å². The molecule has 1 saturated carbocycles. The first-order valence-corrected chi connectivity index (χ1v) is 5.09. The van der Waals surface area contributed by atoms with Crippen LogP contribution < -0.4 is 5.73 Å². The van der Waals surface area contributed by atoms with Crippen molar-refractivity contribution < 1.29 is 13.6 Å². The van der Waals surface area contributed by atoms with Crippen molar-refractivity contribution in [1.82, 2.24) is 0 Å². The van der Waals surface area contributed by atoms with E-state index in [4.69, 9.17) is 5.73 Å². The molecule has 2 atom stereocenters. The van der Waals surface area contributed by atoms with Crippen molar-refractivity contribution in [3.63, 3.8) is 0 Å². The summed E-state index contributed by atoms with van der Waals surface area (Å²) in [6.45, 7) is 0. The highest BCUT2D eigenvalue weighted by Gasteiger charge is 2.26. The van der Waals surface area contributed by atoms with Gasteiger partial charge in [-0.3, -0.25) is 9.00 Å². The molecule has 1 aliphatic rings. The van der Waals surface area contributed by atoms with Gasteiger partial charge in [-0.2, -0.15) is 0 Å². The monoisotopic (exact) mass is 190 g/mol. The zero-order valence-corrected chi connectivity index (χ0v) is 7.51. The fourth-order valence-corrected chi connectivity index (χ4v) is 1.91. The summed E-state index contributed by atoms with van der Waals surface area (Å²) >= 11 is -2.16. The van der Waals surface area contributed by atoms with Crippen LogP contribution >= 0.6 is 0 Å². The average molecular weight is 190 g/mol. The zero-order chi connectivity index (χ0) is 9.14. The molecule has 1 rings (SSSR count). The fourth-order valence-electron chi connectivity index (χ4n) is 1.18. The van der Waals surface area contributed by atoms with Crippen LogP contribution in [-0.2, 0) is 15.9 Å². The average Bonchev–Trinajstić information content (AvgIpc) is 2.68. The Bertz CT molecular complexity index is 203. The topological polar surface area (TPSA) is 83.2 Å². The van der Waals surface area contributed by atoms with E-state index in [1.165, 1.54) is 0 Å². The molecule has 5 heteroatoms. The maximum atomic E-state index is 10.6. The summed E-state index contributed by atoms with van der Waals surface area (Å²) in [5.74, 6) is -0.0305. The maximum Gasteiger partial charge on any atom is 0.218 e. The maximum absolute atomic E-state index is 10.6. The Kier molecular flexibility index (Phi) is 3.22. The molecular weight excluding hydrogens is 178 g/mol. The van der Waals surface area contributed by atoms with Gasteiger partial charge in [-0.05, 0) is 12.3 Å². The summed E-state index contributed by atoms with van der Waals surface area (Å²) in [7, 11) is 0. The minimum atomic E-state index is -2.16. The molecule has 0 saturated heterocycles. The Morgan fingerprint density at radius 3 is 2.58 bits per heavy atom. The Hall–Kier alpha value is -0.420. The molecule has 0 heterocycles. The highest BCUT2D eigenvalue weighted by Crippen LogP contribution is 2.35. The lowest BCUT2D eigenvalue weighted by Crippen LogP contribution is -2.24. The summed E-state index contributed by atoms with van der Waals surface area (Å²) in [4.78, 5) is 10.5. The lowest BCUT2D eigenvalue weighted by atomic mass is 10.1. The molecule has 70 valence electrons. The minimum absolute atomic E-state index is 0.0351. The van der Waals surface area contributed by atoms with Gasteiger partial charge in [0, 0.05) is 11.7 Å². The molecule has 1 aliphatic carbocycles. The molecule has 0 bridgehead atoms. The Morgan fingerprint density at radius 1 is 1.67 bits per heavy atom. The van der Waals surface area contributed by atoms with Crippen molar-refractivity contribution in [2.45, 2.75) is 30.9 Å². The third kappa shape index (κ3) is 3.32. The summed E-state index contributed by atoms with van der Waals surface area (Å²) < 4.78 is 21.2. The molecule has 0 spiro atoms. The van der Waals surface area contributed by atoms with Gasteiger partial charge in [-0.25, -0.2) is 0 Å². The Balaban J connectivity index is 2.36. The number of carbonyl (C=O) groups excluding carboxylic acids is 1. The van der Waals surface area contributed by atoms with Crippen molar-refractivity contribution in [2.75, 3.05) is 0 Å². The van der Waals surface area contributed by atoms with Crippen LogP contribution in [-0.4, -0.2) is 19.9 Å². The molecule has 0 aromatic rings. The SMILES string of the molecule is NC(=O)CC(CC1CC1)S(=O)[O-]. The van der Waals surface area contributed by atoms with Gasteiger partial charge in [-0.15, -0.1) is 0 Å². The number of hydrogen-bond acceptors (Lipinski definition) is 3. The van der Waals surface area contributed by atoms with Gasteiger partial charge >= 0.3 is 0 Å².